The van der Waals surface area contributed by atoms with Crippen LogP contribution < -0.4 is 4.72 Å². The quantitative estimate of drug-likeness (QED) is 0.577. The van der Waals surface area contributed by atoms with E-state index >= 15 is 0 Å². The first kappa shape index (κ1) is 19.3. The fraction of sp³-hybridized carbons (Fsp3) is 0.917. The number of nitrogens with zero attached hydrogens (tertiary/aromatic N) is 2. The zero-order valence-electron chi connectivity index (χ0n) is 13.0. The van der Waals surface area contributed by atoms with E-state index in [9.17, 15) is 13.2 Å². The second-order valence-corrected chi connectivity index (χ2v) is 6.65. The summed E-state index contributed by atoms with van der Waals surface area (Å²) in [7, 11) is 1.13. The highest BCUT2D eigenvalue weighted by Gasteiger charge is 2.18. The van der Waals surface area contributed by atoms with E-state index in [0.717, 1.165) is 10.7 Å². The van der Waals surface area contributed by atoms with Crippen LogP contribution in [0.1, 0.15) is 26.7 Å². The van der Waals surface area contributed by atoms with Crippen molar-refractivity contribution in [2.45, 2.75) is 32.7 Å². The average Bonchev–Trinajstić information content (AvgIpc) is 2.42. The Labute approximate surface area is 122 Å². The second kappa shape index (κ2) is 9.28. The summed E-state index contributed by atoms with van der Waals surface area (Å²) in [4.78, 5) is 13.1. The summed E-state index contributed by atoms with van der Waals surface area (Å²) in [5, 5.41) is 0. The summed E-state index contributed by atoms with van der Waals surface area (Å²) in [6.45, 7) is 5.26. The standard InChI is InChI=1S/C12H27N3O4S/c1-6-11(2)14(3)10-8-13-20(17,18)15(4)9-7-12(16)19-5/h11,13H,6-10H2,1-5H3. The molecule has 0 aromatic carbocycles. The number of likely N-dealkylation sites (N-methyl/N-ethyl adjacent to an activating group) is 1. The van der Waals surface area contributed by atoms with Gasteiger partial charge in [0.05, 0.1) is 13.5 Å². The first-order valence-electron chi connectivity index (χ1n) is 6.72. The Morgan fingerprint density at radius 1 is 1.30 bits per heavy atom. The Balaban J connectivity index is 4.15. The van der Waals surface area contributed by atoms with Gasteiger partial charge in [-0.15, -0.1) is 0 Å². The molecule has 1 atom stereocenters. The summed E-state index contributed by atoms with van der Waals surface area (Å²) >= 11 is 0. The highest BCUT2D eigenvalue weighted by molar-refractivity contribution is 7.87. The van der Waals surface area contributed by atoms with Gasteiger partial charge in [0.15, 0.2) is 0 Å². The molecule has 0 rings (SSSR count). The van der Waals surface area contributed by atoms with Crippen LogP contribution >= 0.6 is 0 Å². The number of methoxy groups -OCH3 is 1. The molecule has 0 radical (unpaired) electrons. The van der Waals surface area contributed by atoms with Gasteiger partial charge in [-0.05, 0) is 20.4 Å². The number of hydrogen-bond donors (Lipinski definition) is 1. The van der Waals surface area contributed by atoms with Crippen molar-refractivity contribution in [3.63, 3.8) is 0 Å². The van der Waals surface area contributed by atoms with Crippen LogP contribution in [0.25, 0.3) is 0 Å². The molecular formula is C12H27N3O4S. The SMILES string of the molecule is CCC(C)N(C)CCNS(=O)(=O)N(C)CCC(=O)OC. The molecule has 0 saturated carbocycles. The van der Waals surface area contributed by atoms with Gasteiger partial charge in [-0.2, -0.15) is 12.7 Å². The third kappa shape index (κ3) is 7.18. The maximum atomic E-state index is 11.9. The molecule has 7 nitrogen and oxygen atoms in total. The lowest BCUT2D eigenvalue weighted by atomic mass is 10.2. The van der Waals surface area contributed by atoms with E-state index in [1.54, 1.807) is 0 Å². The molecule has 0 bridgehead atoms. The van der Waals surface area contributed by atoms with Crippen molar-refractivity contribution >= 4 is 16.2 Å². The van der Waals surface area contributed by atoms with E-state index in [-0.39, 0.29) is 13.0 Å². The maximum Gasteiger partial charge on any atom is 0.306 e. The molecular weight excluding hydrogens is 282 g/mol. The van der Waals surface area contributed by atoms with Crippen molar-refractivity contribution in [1.29, 1.82) is 0 Å². The molecule has 0 fully saturated rings. The van der Waals surface area contributed by atoms with Crippen molar-refractivity contribution < 1.29 is 17.9 Å². The van der Waals surface area contributed by atoms with Gasteiger partial charge >= 0.3 is 5.97 Å². The Morgan fingerprint density at radius 2 is 1.90 bits per heavy atom. The number of esters is 1. The largest absolute Gasteiger partial charge is 0.469 e. The summed E-state index contributed by atoms with van der Waals surface area (Å²) < 4.78 is 31.9. The van der Waals surface area contributed by atoms with E-state index in [2.05, 4.69) is 28.2 Å². The second-order valence-electron chi connectivity index (χ2n) is 4.78. The normalized spacial score (nSPS) is 13.8. The molecule has 8 heteroatoms. The Morgan fingerprint density at radius 3 is 2.40 bits per heavy atom. The van der Waals surface area contributed by atoms with Gasteiger partial charge in [0.2, 0.25) is 0 Å². The number of hydrogen-bond acceptors (Lipinski definition) is 5. The molecule has 0 amide bonds. The predicted octanol–water partition coefficient (Wildman–Crippen LogP) is 0.0460. The average molecular weight is 309 g/mol. The molecule has 20 heavy (non-hydrogen) atoms. The lowest BCUT2D eigenvalue weighted by Gasteiger charge is -2.24. The van der Waals surface area contributed by atoms with Crippen LogP contribution in [-0.2, 0) is 19.7 Å². The maximum absolute atomic E-state index is 11.9. The van der Waals surface area contributed by atoms with Crippen LogP contribution in [0, 0.1) is 0 Å². The number of nitrogens with one attached hydrogen (secondary N) is 1. The van der Waals surface area contributed by atoms with Crippen LogP contribution in [0.4, 0.5) is 0 Å². The minimum atomic E-state index is -3.54. The monoisotopic (exact) mass is 309 g/mol. The lowest BCUT2D eigenvalue weighted by molar-refractivity contribution is -0.140. The summed E-state index contributed by atoms with van der Waals surface area (Å²) in [5.41, 5.74) is 0. The molecule has 0 aliphatic rings. The fourth-order valence-electron chi connectivity index (χ4n) is 1.46. The van der Waals surface area contributed by atoms with Gasteiger partial charge in [0.1, 0.15) is 0 Å². The minimum Gasteiger partial charge on any atom is -0.469 e. The number of rotatable bonds is 10. The highest BCUT2D eigenvalue weighted by atomic mass is 32.2. The van der Waals surface area contributed by atoms with Crippen LogP contribution in [0.2, 0.25) is 0 Å². The van der Waals surface area contributed by atoms with Crippen molar-refractivity contribution in [3.8, 4) is 0 Å². The molecule has 0 aliphatic carbocycles. The molecule has 0 aromatic heterocycles. The third-order valence-electron chi connectivity index (χ3n) is 3.36. The number of ether oxygens (including phenoxy) is 1. The molecule has 0 aromatic rings. The third-order valence-corrected chi connectivity index (χ3v) is 4.93. The summed E-state index contributed by atoms with van der Waals surface area (Å²) in [6, 6.07) is 0.413. The van der Waals surface area contributed by atoms with E-state index in [0.29, 0.717) is 19.1 Å². The molecule has 1 unspecified atom stereocenters. The van der Waals surface area contributed by atoms with Gasteiger partial charge in [-0.3, -0.25) is 4.79 Å². The predicted molar refractivity (Wildman–Crippen MR) is 78.6 cm³/mol. The zero-order valence-corrected chi connectivity index (χ0v) is 13.9. The van der Waals surface area contributed by atoms with Gasteiger partial charge in [0.25, 0.3) is 10.2 Å². The van der Waals surface area contributed by atoms with Crippen LogP contribution in [0.3, 0.4) is 0 Å². The minimum absolute atomic E-state index is 0.0423. The number of carbonyl (C=O) groups is 1. The van der Waals surface area contributed by atoms with Gasteiger partial charge in [-0.1, -0.05) is 6.92 Å². The highest BCUT2D eigenvalue weighted by Crippen LogP contribution is 2.00. The van der Waals surface area contributed by atoms with Gasteiger partial charge < -0.3 is 9.64 Å². The Kier molecular flexibility index (Phi) is 8.95. The van der Waals surface area contributed by atoms with Crippen molar-refractivity contribution in [1.82, 2.24) is 13.9 Å². The van der Waals surface area contributed by atoms with Gasteiger partial charge in [0, 0.05) is 32.7 Å². The molecule has 1 N–H and O–H groups in total. The van der Waals surface area contributed by atoms with E-state index in [1.165, 1.54) is 14.2 Å². The van der Waals surface area contributed by atoms with Crippen molar-refractivity contribution in [2.24, 2.45) is 0 Å². The van der Waals surface area contributed by atoms with E-state index < -0.39 is 16.2 Å². The van der Waals surface area contributed by atoms with Crippen molar-refractivity contribution in [3.05, 3.63) is 0 Å². The fourth-order valence-corrected chi connectivity index (χ4v) is 2.37. The number of carbonyl (C=O) groups excluding carboxylic acids is 1. The smallest absolute Gasteiger partial charge is 0.306 e. The molecule has 0 saturated heterocycles. The molecule has 0 aliphatic heterocycles. The van der Waals surface area contributed by atoms with Crippen LogP contribution in [0.5, 0.6) is 0 Å². The van der Waals surface area contributed by atoms with Crippen molar-refractivity contribution in [2.75, 3.05) is 40.8 Å². The Hall–Kier alpha value is -0.700. The molecule has 120 valence electrons. The first-order valence-corrected chi connectivity index (χ1v) is 8.16. The molecule has 0 spiro atoms. The first-order chi connectivity index (χ1) is 9.24. The van der Waals surface area contributed by atoms with Gasteiger partial charge in [-0.25, -0.2) is 4.72 Å². The Bertz CT molecular complexity index is 386. The van der Waals surface area contributed by atoms with Crippen LogP contribution in [0.15, 0.2) is 0 Å². The van der Waals surface area contributed by atoms with E-state index in [1.807, 2.05) is 7.05 Å². The summed E-state index contributed by atoms with van der Waals surface area (Å²) in [6.07, 6.45) is 1.06. The molecule has 0 heterocycles. The topological polar surface area (TPSA) is 79.0 Å². The van der Waals surface area contributed by atoms with Crippen LogP contribution in [-0.4, -0.2) is 70.5 Å². The summed E-state index contributed by atoms with van der Waals surface area (Å²) in [5.74, 6) is -0.427. The zero-order chi connectivity index (χ0) is 15.8. The van der Waals surface area contributed by atoms with E-state index in [4.69, 9.17) is 0 Å². The lowest BCUT2D eigenvalue weighted by Crippen LogP contribution is -2.43.